The minimum atomic E-state index is -0.708. The number of hydrogen-bond donors (Lipinski definition) is 1. The fourth-order valence-electron chi connectivity index (χ4n) is 4.56. The Kier molecular flexibility index (Phi) is 12.2. The lowest BCUT2D eigenvalue weighted by Crippen LogP contribution is -2.56. The molecular formula is C25H48O5. The maximum Gasteiger partial charge on any atom is 0.186 e. The second kappa shape index (κ2) is 14.1. The zero-order valence-corrected chi connectivity index (χ0v) is 20.1. The molecule has 0 saturated carbocycles. The lowest BCUT2D eigenvalue weighted by Gasteiger charge is -2.38. The first-order chi connectivity index (χ1) is 14.4. The molecule has 2 aliphatic rings. The molecule has 0 aromatic rings. The average Bonchev–Trinajstić information content (AvgIpc) is 3.04. The van der Waals surface area contributed by atoms with Gasteiger partial charge in [0.05, 0.1) is 6.10 Å². The predicted molar refractivity (Wildman–Crippen MR) is 120 cm³/mol. The summed E-state index contributed by atoms with van der Waals surface area (Å²) < 4.78 is 23.6. The monoisotopic (exact) mass is 428 g/mol. The van der Waals surface area contributed by atoms with Crippen molar-refractivity contribution in [3.63, 3.8) is 0 Å². The van der Waals surface area contributed by atoms with E-state index in [1.54, 1.807) is 0 Å². The topological polar surface area (TPSA) is 57.2 Å². The second-order valence-corrected chi connectivity index (χ2v) is 9.73. The quantitative estimate of drug-likeness (QED) is 0.301. The van der Waals surface area contributed by atoms with Gasteiger partial charge in [-0.1, -0.05) is 90.4 Å². The Hall–Kier alpha value is -0.200. The van der Waals surface area contributed by atoms with E-state index < -0.39 is 18.2 Å². The Morgan fingerprint density at radius 1 is 0.733 bits per heavy atom. The summed E-state index contributed by atoms with van der Waals surface area (Å²) >= 11 is 0. The standard InChI is InChI=1S/C25H48O5/c1-5-6-7-8-9-10-11-12-13-14-15-16-17-18-19-27-24-23-22(21(26)20(2)28-24)29-25(3,4)30-23/h20-24,26H,5-19H2,1-4H3/t20-,21-,22+,23+,24+/m0/s1. The van der Waals surface area contributed by atoms with E-state index in [0.717, 1.165) is 6.42 Å². The van der Waals surface area contributed by atoms with Crippen molar-refractivity contribution in [3.05, 3.63) is 0 Å². The van der Waals surface area contributed by atoms with Gasteiger partial charge < -0.3 is 24.1 Å². The van der Waals surface area contributed by atoms with Crippen molar-refractivity contribution in [3.8, 4) is 0 Å². The van der Waals surface area contributed by atoms with Crippen LogP contribution >= 0.6 is 0 Å². The maximum absolute atomic E-state index is 10.3. The van der Waals surface area contributed by atoms with Crippen molar-refractivity contribution in [2.75, 3.05) is 6.61 Å². The van der Waals surface area contributed by atoms with Crippen LogP contribution in [0.1, 0.15) is 118 Å². The van der Waals surface area contributed by atoms with Crippen molar-refractivity contribution in [1.82, 2.24) is 0 Å². The van der Waals surface area contributed by atoms with Crippen LogP contribution in [0.4, 0.5) is 0 Å². The zero-order valence-electron chi connectivity index (χ0n) is 20.1. The molecule has 2 saturated heterocycles. The van der Waals surface area contributed by atoms with Gasteiger partial charge in [-0.15, -0.1) is 0 Å². The molecular weight excluding hydrogens is 380 g/mol. The first kappa shape index (κ1) is 26.1. The molecule has 2 aliphatic heterocycles. The van der Waals surface area contributed by atoms with Gasteiger partial charge in [-0.05, 0) is 27.2 Å². The number of hydrogen-bond acceptors (Lipinski definition) is 5. The van der Waals surface area contributed by atoms with Crippen LogP contribution in [0, 0.1) is 0 Å². The second-order valence-electron chi connectivity index (χ2n) is 9.73. The fourth-order valence-corrected chi connectivity index (χ4v) is 4.56. The molecule has 0 amide bonds. The molecule has 0 aromatic heterocycles. The van der Waals surface area contributed by atoms with Gasteiger partial charge in [0.2, 0.25) is 0 Å². The van der Waals surface area contributed by atoms with Crippen molar-refractivity contribution in [1.29, 1.82) is 0 Å². The van der Waals surface area contributed by atoms with Gasteiger partial charge in [-0.25, -0.2) is 0 Å². The summed E-state index contributed by atoms with van der Waals surface area (Å²) in [5.74, 6) is -0.708. The molecule has 5 atom stereocenters. The van der Waals surface area contributed by atoms with E-state index in [4.69, 9.17) is 18.9 Å². The molecule has 0 aromatic carbocycles. The highest BCUT2D eigenvalue weighted by atomic mass is 16.8. The number of aliphatic hydroxyl groups is 1. The molecule has 1 N–H and O–H groups in total. The van der Waals surface area contributed by atoms with E-state index >= 15 is 0 Å². The molecule has 30 heavy (non-hydrogen) atoms. The third-order valence-corrected chi connectivity index (χ3v) is 6.38. The molecule has 2 rings (SSSR count). The molecule has 0 spiro atoms. The van der Waals surface area contributed by atoms with Crippen molar-refractivity contribution >= 4 is 0 Å². The number of rotatable bonds is 16. The molecule has 0 unspecified atom stereocenters. The Morgan fingerprint density at radius 3 is 1.73 bits per heavy atom. The number of fused-ring (bicyclic) bond motifs is 1. The van der Waals surface area contributed by atoms with Crippen molar-refractivity contribution < 1.29 is 24.1 Å². The molecule has 5 heteroatoms. The van der Waals surface area contributed by atoms with Gasteiger partial charge in [0, 0.05) is 6.61 Å². The van der Waals surface area contributed by atoms with E-state index in [1.165, 1.54) is 83.5 Å². The maximum atomic E-state index is 10.3. The van der Waals surface area contributed by atoms with Crippen molar-refractivity contribution in [2.45, 2.75) is 154 Å². The SMILES string of the molecule is CCCCCCCCCCCCCCCCO[C@@H]1O[C@@H](C)[C@H](O)[C@H]2OC(C)(C)O[C@@H]12. The number of ether oxygens (including phenoxy) is 4. The summed E-state index contributed by atoms with van der Waals surface area (Å²) in [6, 6.07) is 0. The van der Waals surface area contributed by atoms with Crippen LogP contribution in [0.2, 0.25) is 0 Å². The Labute approximate surface area is 185 Å². The van der Waals surface area contributed by atoms with Gasteiger partial charge in [-0.3, -0.25) is 0 Å². The largest absolute Gasteiger partial charge is 0.388 e. The van der Waals surface area contributed by atoms with Crippen molar-refractivity contribution in [2.24, 2.45) is 0 Å². The minimum absolute atomic E-state index is 0.315. The summed E-state index contributed by atoms with van der Waals surface area (Å²) in [7, 11) is 0. The summed E-state index contributed by atoms with van der Waals surface area (Å²) in [6.07, 6.45) is 16.7. The van der Waals surface area contributed by atoms with E-state index in [9.17, 15) is 5.11 Å². The number of aliphatic hydroxyl groups excluding tert-OH is 1. The highest BCUT2D eigenvalue weighted by Crippen LogP contribution is 2.37. The lowest BCUT2D eigenvalue weighted by atomic mass is 10.00. The van der Waals surface area contributed by atoms with Crippen LogP contribution in [-0.4, -0.2) is 48.2 Å². The van der Waals surface area contributed by atoms with Gasteiger partial charge in [-0.2, -0.15) is 0 Å². The van der Waals surface area contributed by atoms with Crippen LogP contribution in [0.15, 0.2) is 0 Å². The van der Waals surface area contributed by atoms with Gasteiger partial charge in [0.15, 0.2) is 12.1 Å². The third-order valence-electron chi connectivity index (χ3n) is 6.38. The van der Waals surface area contributed by atoms with Crippen LogP contribution < -0.4 is 0 Å². The highest BCUT2D eigenvalue weighted by Gasteiger charge is 2.54. The van der Waals surface area contributed by atoms with Gasteiger partial charge >= 0.3 is 0 Å². The van der Waals surface area contributed by atoms with E-state index in [-0.39, 0.29) is 18.3 Å². The van der Waals surface area contributed by atoms with Gasteiger partial charge in [0.25, 0.3) is 0 Å². The van der Waals surface area contributed by atoms with Crippen LogP contribution in [0.25, 0.3) is 0 Å². The number of unbranched alkanes of at least 4 members (excludes halogenated alkanes) is 13. The molecule has 5 nitrogen and oxygen atoms in total. The minimum Gasteiger partial charge on any atom is -0.388 e. The van der Waals surface area contributed by atoms with E-state index in [2.05, 4.69) is 6.92 Å². The molecule has 2 heterocycles. The lowest BCUT2D eigenvalue weighted by molar-refractivity contribution is -0.271. The molecule has 178 valence electrons. The normalized spacial score (nSPS) is 30.5. The molecule has 2 fully saturated rings. The highest BCUT2D eigenvalue weighted by molar-refractivity contribution is 4.94. The first-order valence-corrected chi connectivity index (χ1v) is 12.8. The molecule has 0 radical (unpaired) electrons. The van der Waals surface area contributed by atoms with Crippen LogP contribution in [0.3, 0.4) is 0 Å². The average molecular weight is 429 g/mol. The molecule has 0 bridgehead atoms. The van der Waals surface area contributed by atoms with E-state index in [0.29, 0.717) is 6.61 Å². The summed E-state index contributed by atoms with van der Waals surface area (Å²) in [4.78, 5) is 0. The molecule has 0 aliphatic carbocycles. The van der Waals surface area contributed by atoms with Gasteiger partial charge in [0.1, 0.15) is 18.3 Å². The predicted octanol–water partition coefficient (Wildman–Crippen LogP) is 6.11. The van der Waals surface area contributed by atoms with E-state index in [1.807, 2.05) is 20.8 Å². The Balaban J connectivity index is 1.44. The van der Waals surface area contributed by atoms with Crippen LogP contribution in [0.5, 0.6) is 0 Å². The summed E-state index contributed by atoms with van der Waals surface area (Å²) in [6.45, 7) is 8.54. The van der Waals surface area contributed by atoms with Crippen LogP contribution in [-0.2, 0) is 18.9 Å². The zero-order chi connectivity index (χ0) is 21.8. The smallest absolute Gasteiger partial charge is 0.186 e. The Morgan fingerprint density at radius 2 is 1.20 bits per heavy atom. The Bertz CT molecular complexity index is 441. The first-order valence-electron chi connectivity index (χ1n) is 12.8. The third kappa shape index (κ3) is 9.12. The summed E-state index contributed by atoms with van der Waals surface area (Å²) in [5.41, 5.74) is 0. The summed E-state index contributed by atoms with van der Waals surface area (Å²) in [5, 5.41) is 10.3. The fraction of sp³-hybridized carbons (Fsp3) is 1.00.